The van der Waals surface area contributed by atoms with Crippen molar-refractivity contribution < 1.29 is 38.9 Å². The number of hydrogen-bond acceptors (Lipinski definition) is 6. The van der Waals surface area contributed by atoms with E-state index in [4.69, 9.17) is 19.7 Å². The van der Waals surface area contributed by atoms with Gasteiger partial charge in [0.15, 0.2) is 0 Å². The molecule has 2 radical (unpaired) electrons. The first-order valence-electron chi connectivity index (χ1n) is 11.4. The number of carboxylic acids is 2. The van der Waals surface area contributed by atoms with Crippen molar-refractivity contribution in [2.24, 2.45) is 0 Å². The molecule has 39 heavy (non-hydrogen) atoms. The summed E-state index contributed by atoms with van der Waals surface area (Å²) in [5.74, 6) is -3.57. The molecule has 0 bridgehead atoms. The van der Waals surface area contributed by atoms with Gasteiger partial charge in [-0.3, -0.25) is 0 Å². The Morgan fingerprint density at radius 2 is 0.744 bits per heavy atom. The Hall–Kier alpha value is -3.98. The van der Waals surface area contributed by atoms with Crippen LogP contribution in [0.4, 0.5) is 0 Å². The van der Waals surface area contributed by atoms with Crippen LogP contribution in [0, 0.1) is 0 Å². The number of hydrogen-bond donors (Lipinski definition) is 2. The van der Waals surface area contributed by atoms with E-state index in [-0.39, 0.29) is 73.2 Å². The third kappa shape index (κ3) is 9.68. The molecule has 0 aliphatic carbocycles. The van der Waals surface area contributed by atoms with Crippen molar-refractivity contribution in [1.29, 1.82) is 0 Å². The summed E-state index contributed by atoms with van der Waals surface area (Å²) in [5, 5.41) is 18.0. The molecule has 194 valence electrons. The Bertz CT molecular complexity index is 1300. The van der Waals surface area contributed by atoms with Crippen LogP contribution < -0.4 is 0 Å². The average Bonchev–Trinajstić information content (AvgIpc) is 2.96. The molecule has 4 aromatic carbocycles. The molecule has 0 spiro atoms. The van der Waals surface area contributed by atoms with E-state index in [0.717, 1.165) is 11.1 Å². The van der Waals surface area contributed by atoms with Gasteiger partial charge >= 0.3 is 23.9 Å². The van der Waals surface area contributed by atoms with Crippen molar-refractivity contribution >= 4 is 61.6 Å². The summed E-state index contributed by atoms with van der Waals surface area (Å²) in [6.07, 6.45) is 0. The minimum Gasteiger partial charge on any atom is -0.478 e. The van der Waals surface area contributed by atoms with Gasteiger partial charge < -0.3 is 19.7 Å². The monoisotopic (exact) mass is 552 g/mol. The van der Waals surface area contributed by atoms with Gasteiger partial charge in [0.1, 0.15) is 13.2 Å². The summed E-state index contributed by atoms with van der Waals surface area (Å²) in [5.41, 5.74) is 1.71. The van der Waals surface area contributed by atoms with Gasteiger partial charge in [0.25, 0.3) is 0 Å². The van der Waals surface area contributed by atoms with Crippen LogP contribution >= 0.6 is 0 Å². The molecule has 0 aliphatic rings. The smallest absolute Gasteiger partial charge is 0.339 e. The fourth-order valence-electron chi connectivity index (χ4n) is 3.30. The Morgan fingerprint density at radius 1 is 0.462 bits per heavy atom. The molecule has 0 unspecified atom stereocenters. The predicted octanol–water partition coefficient (Wildman–Crippen LogP) is 5.10. The predicted molar refractivity (Wildman–Crippen MR) is 144 cm³/mol. The van der Waals surface area contributed by atoms with Crippen LogP contribution in [-0.4, -0.2) is 71.8 Å². The van der Waals surface area contributed by atoms with E-state index in [0.29, 0.717) is 0 Å². The minimum absolute atomic E-state index is 0. The summed E-state index contributed by atoms with van der Waals surface area (Å²) in [7, 11) is 0. The van der Waals surface area contributed by atoms with E-state index >= 15 is 0 Å². The zero-order valence-electron chi connectivity index (χ0n) is 20.9. The SMILES string of the molecule is O=C(O)c1ccccc1C(=O)OCc1ccccc1.O=C(O)c1ccccc1C(=O)OCc1ccccc1.[Ca]. The minimum atomic E-state index is -1.15. The Kier molecular flexibility index (Phi) is 12.9. The molecule has 0 fully saturated rings. The molecular weight excluding hydrogens is 528 g/mol. The summed E-state index contributed by atoms with van der Waals surface area (Å²) in [6, 6.07) is 30.4. The van der Waals surface area contributed by atoms with Crippen LogP contribution in [0.5, 0.6) is 0 Å². The number of ether oxygens (including phenoxy) is 2. The van der Waals surface area contributed by atoms with E-state index in [9.17, 15) is 19.2 Å². The van der Waals surface area contributed by atoms with Gasteiger partial charge in [-0.1, -0.05) is 84.9 Å². The maximum Gasteiger partial charge on any atom is 0.339 e. The van der Waals surface area contributed by atoms with Crippen LogP contribution in [-0.2, 0) is 22.7 Å². The summed E-state index contributed by atoms with van der Waals surface area (Å²) < 4.78 is 10.2. The van der Waals surface area contributed by atoms with E-state index < -0.39 is 23.9 Å². The van der Waals surface area contributed by atoms with Gasteiger partial charge in [-0.05, 0) is 35.4 Å². The number of rotatable bonds is 8. The first-order chi connectivity index (χ1) is 18.4. The van der Waals surface area contributed by atoms with E-state index in [2.05, 4.69) is 0 Å². The van der Waals surface area contributed by atoms with Crippen molar-refractivity contribution in [3.05, 3.63) is 143 Å². The Balaban J connectivity index is 0.000000267. The fraction of sp³-hybridized carbons (Fsp3) is 0.0667. The Labute approximate surface area is 254 Å². The number of esters is 2. The third-order valence-electron chi connectivity index (χ3n) is 5.18. The van der Waals surface area contributed by atoms with Crippen LogP contribution in [0.1, 0.15) is 52.6 Å². The number of carbonyl (C=O) groups excluding carboxylic acids is 2. The quantitative estimate of drug-likeness (QED) is 0.228. The van der Waals surface area contributed by atoms with Crippen molar-refractivity contribution in [3.8, 4) is 0 Å². The van der Waals surface area contributed by atoms with E-state index in [1.54, 1.807) is 24.3 Å². The van der Waals surface area contributed by atoms with Gasteiger partial charge in [0, 0.05) is 37.7 Å². The molecule has 0 heterocycles. The molecule has 0 saturated carbocycles. The number of carbonyl (C=O) groups is 4. The second-order valence-electron chi connectivity index (χ2n) is 7.82. The van der Waals surface area contributed by atoms with Crippen LogP contribution in [0.15, 0.2) is 109 Å². The second-order valence-corrected chi connectivity index (χ2v) is 7.82. The van der Waals surface area contributed by atoms with Crippen molar-refractivity contribution in [2.75, 3.05) is 0 Å². The summed E-state index contributed by atoms with van der Waals surface area (Å²) in [6.45, 7) is 0.237. The molecule has 8 nitrogen and oxygen atoms in total. The fourth-order valence-corrected chi connectivity index (χ4v) is 3.30. The molecule has 0 saturated heterocycles. The topological polar surface area (TPSA) is 127 Å². The van der Waals surface area contributed by atoms with Gasteiger partial charge in [0.05, 0.1) is 22.3 Å². The van der Waals surface area contributed by atoms with E-state index in [1.165, 1.54) is 24.3 Å². The van der Waals surface area contributed by atoms with Crippen molar-refractivity contribution in [2.45, 2.75) is 13.2 Å². The molecule has 2 N–H and O–H groups in total. The standard InChI is InChI=1S/2C15H12O4.Ca/c2*16-14(17)12-8-4-5-9-13(12)15(18)19-10-11-6-2-1-3-7-11;/h2*1-9H,10H2,(H,16,17);. The number of aromatic carboxylic acids is 2. The summed E-state index contributed by atoms with van der Waals surface area (Å²) >= 11 is 0. The maximum absolute atomic E-state index is 11.9. The van der Waals surface area contributed by atoms with Crippen molar-refractivity contribution in [3.63, 3.8) is 0 Å². The third-order valence-corrected chi connectivity index (χ3v) is 5.18. The maximum atomic E-state index is 11.9. The molecule has 0 aromatic heterocycles. The van der Waals surface area contributed by atoms with Gasteiger partial charge in [-0.2, -0.15) is 0 Å². The Morgan fingerprint density at radius 3 is 1.05 bits per heavy atom. The van der Waals surface area contributed by atoms with Gasteiger partial charge in [-0.25, -0.2) is 19.2 Å². The molecule has 4 rings (SSSR count). The van der Waals surface area contributed by atoms with Crippen LogP contribution in [0.25, 0.3) is 0 Å². The van der Waals surface area contributed by atoms with E-state index in [1.807, 2.05) is 60.7 Å². The van der Waals surface area contributed by atoms with Gasteiger partial charge in [-0.15, -0.1) is 0 Å². The van der Waals surface area contributed by atoms with Gasteiger partial charge in [0.2, 0.25) is 0 Å². The molecule has 9 heteroatoms. The molecule has 4 aromatic rings. The first-order valence-corrected chi connectivity index (χ1v) is 11.4. The molecule has 0 amide bonds. The number of benzene rings is 4. The average molecular weight is 553 g/mol. The molecule has 0 aliphatic heterocycles. The zero-order valence-corrected chi connectivity index (χ0v) is 23.1. The first kappa shape index (κ1) is 31.2. The van der Waals surface area contributed by atoms with Crippen LogP contribution in [0.3, 0.4) is 0 Å². The van der Waals surface area contributed by atoms with Crippen LogP contribution in [0.2, 0.25) is 0 Å². The zero-order chi connectivity index (χ0) is 27.3. The second kappa shape index (κ2) is 16.1. The van der Waals surface area contributed by atoms with Crippen molar-refractivity contribution in [1.82, 2.24) is 0 Å². The normalized spacial score (nSPS) is 9.64. The largest absolute Gasteiger partial charge is 0.478 e. The molecule has 0 atom stereocenters. The number of carboxylic acid groups (broad SMARTS) is 2. The summed E-state index contributed by atoms with van der Waals surface area (Å²) in [4.78, 5) is 45.7. The molecular formula is C30H24CaO8.